The van der Waals surface area contributed by atoms with Gasteiger partial charge in [-0.05, 0) is 34.5 Å². The molecule has 0 saturated carbocycles. The van der Waals surface area contributed by atoms with Crippen LogP contribution in [0.4, 0.5) is 0 Å². The average Bonchev–Trinajstić information content (AvgIpc) is 2.31. The van der Waals surface area contributed by atoms with Crippen molar-refractivity contribution in [2.24, 2.45) is 0 Å². The zero-order chi connectivity index (χ0) is 12.6. The Labute approximate surface area is 107 Å². The minimum Gasteiger partial charge on any atom is -0.507 e. The summed E-state index contributed by atoms with van der Waals surface area (Å²) in [4.78, 5) is 24.2. The fraction of sp³-hybridized carbons (Fsp3) is 0.231. The van der Waals surface area contributed by atoms with Crippen LogP contribution in [0.2, 0.25) is 0 Å². The number of hydrogen-bond acceptors (Lipinski definition) is 3. The molecular formula is C13H11BrO3. The Morgan fingerprint density at radius 2 is 1.94 bits per heavy atom. The van der Waals surface area contributed by atoms with Crippen LogP contribution in [0, 0.1) is 0 Å². The lowest BCUT2D eigenvalue weighted by molar-refractivity contribution is 0.0976. The Balaban J connectivity index is 2.65. The molecule has 0 fully saturated rings. The first-order valence-electron chi connectivity index (χ1n) is 5.38. The van der Waals surface area contributed by atoms with E-state index in [9.17, 15) is 14.7 Å². The van der Waals surface area contributed by atoms with Crippen LogP contribution in [0.15, 0.2) is 28.3 Å². The number of halogens is 1. The quantitative estimate of drug-likeness (QED) is 0.911. The van der Waals surface area contributed by atoms with E-state index >= 15 is 0 Å². The second-order valence-electron chi connectivity index (χ2n) is 3.90. The van der Waals surface area contributed by atoms with Crippen molar-refractivity contribution in [3.05, 3.63) is 39.4 Å². The predicted octanol–water partition coefficient (Wildman–Crippen LogP) is 3.22. The number of allylic oxidation sites excluding steroid dienone is 2. The molecule has 0 aromatic heterocycles. The summed E-state index contributed by atoms with van der Waals surface area (Å²) in [6.07, 6.45) is 1.30. The van der Waals surface area contributed by atoms with E-state index in [1.54, 1.807) is 12.1 Å². The van der Waals surface area contributed by atoms with E-state index in [1.165, 1.54) is 6.07 Å². The number of phenols is 1. The maximum Gasteiger partial charge on any atom is 0.201 e. The predicted molar refractivity (Wildman–Crippen MR) is 67.6 cm³/mol. The van der Waals surface area contributed by atoms with Gasteiger partial charge in [0, 0.05) is 11.1 Å². The summed E-state index contributed by atoms with van der Waals surface area (Å²) in [5.74, 6) is -0.625. The van der Waals surface area contributed by atoms with Crippen LogP contribution in [0.3, 0.4) is 0 Å². The number of aromatic hydroxyl groups is 1. The number of carbonyl (C=O) groups is 2. The summed E-state index contributed by atoms with van der Waals surface area (Å²) in [7, 11) is 0. The molecule has 1 aromatic rings. The number of Topliss-reactive ketones (excluding diaryl/α,β-unsaturated/α-hetero) is 2. The van der Waals surface area contributed by atoms with E-state index in [1.807, 2.05) is 6.92 Å². The number of rotatable bonds is 2. The molecule has 0 unspecified atom stereocenters. The van der Waals surface area contributed by atoms with E-state index in [2.05, 4.69) is 15.9 Å². The summed E-state index contributed by atoms with van der Waals surface area (Å²) >= 11 is 3.18. The zero-order valence-electron chi connectivity index (χ0n) is 9.29. The van der Waals surface area contributed by atoms with Crippen molar-refractivity contribution in [1.82, 2.24) is 0 Å². The Bertz CT molecular complexity index is 544. The first kappa shape index (κ1) is 12.0. The van der Waals surface area contributed by atoms with Gasteiger partial charge in [0.25, 0.3) is 0 Å². The van der Waals surface area contributed by atoms with Gasteiger partial charge < -0.3 is 5.11 Å². The van der Waals surface area contributed by atoms with E-state index in [0.29, 0.717) is 16.5 Å². The zero-order valence-corrected chi connectivity index (χ0v) is 10.9. The van der Waals surface area contributed by atoms with E-state index in [0.717, 1.165) is 6.42 Å². The van der Waals surface area contributed by atoms with Gasteiger partial charge in [0.2, 0.25) is 5.78 Å². The van der Waals surface area contributed by atoms with Crippen molar-refractivity contribution in [1.29, 1.82) is 0 Å². The molecule has 2 rings (SSSR count). The highest BCUT2D eigenvalue weighted by Gasteiger charge is 2.32. The molecule has 0 spiro atoms. The molecule has 0 aliphatic heterocycles. The number of ketones is 2. The van der Waals surface area contributed by atoms with E-state index in [4.69, 9.17) is 0 Å². The van der Waals surface area contributed by atoms with Crippen molar-refractivity contribution >= 4 is 27.5 Å². The van der Waals surface area contributed by atoms with Gasteiger partial charge in [-0.2, -0.15) is 0 Å². The van der Waals surface area contributed by atoms with Crippen LogP contribution < -0.4 is 0 Å². The molecule has 0 heterocycles. The molecule has 1 aliphatic rings. The van der Waals surface area contributed by atoms with Crippen molar-refractivity contribution < 1.29 is 14.7 Å². The van der Waals surface area contributed by atoms with Gasteiger partial charge in [0.1, 0.15) is 5.75 Å². The Kier molecular flexibility index (Phi) is 3.15. The third-order valence-electron chi connectivity index (χ3n) is 2.75. The first-order valence-corrected chi connectivity index (χ1v) is 6.17. The molecule has 0 saturated heterocycles. The molecule has 0 radical (unpaired) electrons. The molecule has 0 atom stereocenters. The Morgan fingerprint density at radius 1 is 1.24 bits per heavy atom. The summed E-state index contributed by atoms with van der Waals surface area (Å²) in [5, 5.41) is 9.71. The lowest BCUT2D eigenvalue weighted by atomic mass is 9.87. The molecule has 1 aromatic carbocycles. The normalized spacial score (nSPS) is 15.2. The molecule has 0 amide bonds. The first-order chi connectivity index (χ1) is 8.07. The van der Waals surface area contributed by atoms with Crippen LogP contribution in [0.25, 0.3) is 0 Å². The molecule has 0 bridgehead atoms. The van der Waals surface area contributed by atoms with Gasteiger partial charge >= 0.3 is 0 Å². The monoisotopic (exact) mass is 294 g/mol. The Morgan fingerprint density at radius 3 is 2.59 bits per heavy atom. The largest absolute Gasteiger partial charge is 0.507 e. The number of benzene rings is 1. The fourth-order valence-corrected chi connectivity index (χ4v) is 2.54. The van der Waals surface area contributed by atoms with Crippen molar-refractivity contribution in [3.63, 3.8) is 0 Å². The minimum atomic E-state index is -0.258. The molecular weight excluding hydrogens is 284 g/mol. The van der Waals surface area contributed by atoms with Crippen molar-refractivity contribution in [2.75, 3.05) is 0 Å². The molecule has 88 valence electrons. The van der Waals surface area contributed by atoms with E-state index in [-0.39, 0.29) is 28.4 Å². The molecule has 1 aliphatic carbocycles. The highest BCUT2D eigenvalue weighted by atomic mass is 79.9. The van der Waals surface area contributed by atoms with Crippen LogP contribution in [-0.2, 0) is 0 Å². The topological polar surface area (TPSA) is 54.4 Å². The maximum absolute atomic E-state index is 12.2. The third-order valence-corrected chi connectivity index (χ3v) is 3.59. The number of carbonyl (C=O) groups excluding carboxylic acids is 2. The van der Waals surface area contributed by atoms with Gasteiger partial charge in [0.15, 0.2) is 5.78 Å². The third kappa shape index (κ3) is 1.82. The fourth-order valence-electron chi connectivity index (χ4n) is 1.95. The molecule has 3 nitrogen and oxygen atoms in total. The summed E-state index contributed by atoms with van der Waals surface area (Å²) < 4.78 is 0.322. The second kappa shape index (κ2) is 4.45. The van der Waals surface area contributed by atoms with Gasteiger partial charge in [0.05, 0.1) is 10.0 Å². The van der Waals surface area contributed by atoms with Crippen LogP contribution in [0.1, 0.15) is 40.5 Å². The maximum atomic E-state index is 12.2. The van der Waals surface area contributed by atoms with Crippen molar-refractivity contribution in [2.45, 2.75) is 19.8 Å². The molecule has 4 heteroatoms. The summed E-state index contributed by atoms with van der Waals surface area (Å²) in [5.41, 5.74) is 0.845. The number of fused-ring (bicyclic) bond motifs is 1. The van der Waals surface area contributed by atoms with Crippen LogP contribution in [-0.4, -0.2) is 16.7 Å². The van der Waals surface area contributed by atoms with Gasteiger partial charge in [-0.15, -0.1) is 0 Å². The SMILES string of the molecule is CCCC1=C(Br)C(=O)c2cccc(O)c2C1=O. The minimum absolute atomic E-state index is 0.129. The van der Waals surface area contributed by atoms with Crippen LogP contribution >= 0.6 is 15.9 Å². The standard InChI is InChI=1S/C13H11BrO3/c1-2-4-8-11(14)13(17)7-5-3-6-9(15)10(7)12(8)16/h3,5-6,15H,2,4H2,1H3. The number of hydrogen-bond donors (Lipinski definition) is 1. The smallest absolute Gasteiger partial charge is 0.201 e. The van der Waals surface area contributed by atoms with Crippen molar-refractivity contribution in [3.8, 4) is 5.75 Å². The highest BCUT2D eigenvalue weighted by Crippen LogP contribution is 2.35. The molecule has 17 heavy (non-hydrogen) atoms. The Hall–Kier alpha value is -1.42. The number of phenolic OH excluding ortho intramolecular Hbond substituents is 1. The highest BCUT2D eigenvalue weighted by molar-refractivity contribution is 9.12. The van der Waals surface area contributed by atoms with Crippen LogP contribution in [0.5, 0.6) is 5.75 Å². The van der Waals surface area contributed by atoms with E-state index < -0.39 is 0 Å². The lowest BCUT2D eigenvalue weighted by Crippen LogP contribution is -2.19. The lowest BCUT2D eigenvalue weighted by Gasteiger charge is -2.18. The van der Waals surface area contributed by atoms with Gasteiger partial charge in [-0.1, -0.05) is 19.4 Å². The van der Waals surface area contributed by atoms with Gasteiger partial charge in [-0.3, -0.25) is 9.59 Å². The summed E-state index contributed by atoms with van der Waals surface area (Å²) in [6.45, 7) is 1.94. The molecule has 1 N–H and O–H groups in total. The van der Waals surface area contributed by atoms with Gasteiger partial charge in [-0.25, -0.2) is 0 Å². The second-order valence-corrected chi connectivity index (χ2v) is 4.69. The summed E-state index contributed by atoms with van der Waals surface area (Å²) in [6, 6.07) is 4.54. The average molecular weight is 295 g/mol.